The Labute approximate surface area is 136 Å². The van der Waals surface area contributed by atoms with Crippen LogP contribution in [-0.4, -0.2) is 18.5 Å². The normalized spacial score (nSPS) is 16.4. The highest BCUT2D eigenvalue weighted by molar-refractivity contribution is 5.83. The molecule has 1 saturated carbocycles. The van der Waals surface area contributed by atoms with Gasteiger partial charge in [-0.2, -0.15) is 0 Å². The molecule has 1 aliphatic carbocycles. The molecule has 1 fully saturated rings. The van der Waals surface area contributed by atoms with Crippen molar-refractivity contribution < 1.29 is 9.53 Å². The van der Waals surface area contributed by atoms with Crippen LogP contribution in [-0.2, 0) is 4.79 Å². The van der Waals surface area contributed by atoms with Gasteiger partial charge in [-0.15, -0.1) is 0 Å². The van der Waals surface area contributed by atoms with Crippen molar-refractivity contribution in [1.29, 1.82) is 0 Å². The summed E-state index contributed by atoms with van der Waals surface area (Å²) in [5.41, 5.74) is 6.63. The lowest BCUT2D eigenvalue weighted by molar-refractivity contribution is -0.129. The lowest BCUT2D eigenvalue weighted by Gasteiger charge is -2.23. The van der Waals surface area contributed by atoms with E-state index >= 15 is 0 Å². The second-order valence-electron chi connectivity index (χ2n) is 5.91. The third-order valence-electron chi connectivity index (χ3n) is 4.11. The number of hydrogen-bond donors (Lipinski definition) is 2. The Morgan fingerprint density at radius 2 is 1.70 bits per heavy atom. The molecule has 0 bridgehead atoms. The summed E-state index contributed by atoms with van der Waals surface area (Å²) in [5, 5.41) is 3.06. The monoisotopic (exact) mass is 310 g/mol. The first-order valence-corrected chi connectivity index (χ1v) is 8.05. The summed E-state index contributed by atoms with van der Waals surface area (Å²) in [4.78, 5) is 12.8. The Morgan fingerprint density at radius 1 is 1.09 bits per heavy atom. The standard InChI is InChI=1S/C19H22N2O2/c20-13-17(14-11-12-14)21-19(22)18(15-7-3-1-4-8-15)23-16-9-5-2-6-10-16/h1-10,14,17-18H,11-13,20H2,(H,21,22). The quantitative estimate of drug-likeness (QED) is 0.826. The zero-order valence-corrected chi connectivity index (χ0v) is 13.0. The van der Waals surface area contributed by atoms with Crippen molar-refractivity contribution in [2.75, 3.05) is 6.54 Å². The van der Waals surface area contributed by atoms with Crippen LogP contribution in [0, 0.1) is 5.92 Å². The lowest BCUT2D eigenvalue weighted by atomic mass is 10.1. The molecule has 120 valence electrons. The van der Waals surface area contributed by atoms with Gasteiger partial charge in [0.15, 0.2) is 0 Å². The van der Waals surface area contributed by atoms with Crippen molar-refractivity contribution in [1.82, 2.24) is 5.32 Å². The Balaban J connectivity index is 1.78. The molecule has 0 aliphatic heterocycles. The number of nitrogens with two attached hydrogens (primary N) is 1. The molecular weight excluding hydrogens is 288 g/mol. The number of amides is 1. The second kappa shape index (κ2) is 7.29. The Bertz CT molecular complexity index is 626. The average molecular weight is 310 g/mol. The molecule has 3 rings (SSSR count). The molecule has 0 radical (unpaired) electrons. The highest BCUT2D eigenvalue weighted by Crippen LogP contribution is 2.32. The molecule has 23 heavy (non-hydrogen) atoms. The van der Waals surface area contributed by atoms with Gasteiger partial charge >= 0.3 is 0 Å². The highest BCUT2D eigenvalue weighted by atomic mass is 16.5. The smallest absolute Gasteiger partial charge is 0.266 e. The minimum Gasteiger partial charge on any atom is -0.476 e. The zero-order valence-electron chi connectivity index (χ0n) is 13.0. The van der Waals surface area contributed by atoms with E-state index in [4.69, 9.17) is 10.5 Å². The van der Waals surface area contributed by atoms with Crippen molar-refractivity contribution in [3.05, 3.63) is 66.2 Å². The number of nitrogens with one attached hydrogen (secondary N) is 1. The molecule has 0 saturated heterocycles. The van der Waals surface area contributed by atoms with Gasteiger partial charge in [0.1, 0.15) is 5.75 Å². The molecule has 1 amide bonds. The van der Waals surface area contributed by atoms with Crippen LogP contribution in [0.15, 0.2) is 60.7 Å². The first kappa shape index (κ1) is 15.6. The highest BCUT2D eigenvalue weighted by Gasteiger charge is 2.33. The second-order valence-corrected chi connectivity index (χ2v) is 5.91. The van der Waals surface area contributed by atoms with Crippen LogP contribution in [0.25, 0.3) is 0 Å². The summed E-state index contributed by atoms with van der Waals surface area (Å²) in [6.07, 6.45) is 1.60. The van der Waals surface area contributed by atoms with Crippen molar-refractivity contribution >= 4 is 5.91 Å². The first-order valence-electron chi connectivity index (χ1n) is 8.05. The van der Waals surface area contributed by atoms with E-state index in [1.807, 2.05) is 60.7 Å². The van der Waals surface area contributed by atoms with Crippen LogP contribution in [0.3, 0.4) is 0 Å². The van der Waals surface area contributed by atoms with Crippen LogP contribution in [0.4, 0.5) is 0 Å². The van der Waals surface area contributed by atoms with Gasteiger partial charge in [0.2, 0.25) is 6.10 Å². The maximum absolute atomic E-state index is 12.8. The van der Waals surface area contributed by atoms with E-state index in [0.29, 0.717) is 18.2 Å². The van der Waals surface area contributed by atoms with E-state index in [1.165, 1.54) is 0 Å². The van der Waals surface area contributed by atoms with Gasteiger partial charge in [-0.3, -0.25) is 4.79 Å². The first-order chi connectivity index (χ1) is 11.3. The van der Waals surface area contributed by atoms with Gasteiger partial charge in [-0.05, 0) is 30.9 Å². The van der Waals surface area contributed by atoms with Gasteiger partial charge in [-0.25, -0.2) is 0 Å². The summed E-state index contributed by atoms with van der Waals surface area (Å²) in [6.45, 7) is 0.462. The summed E-state index contributed by atoms with van der Waals surface area (Å²) >= 11 is 0. The third-order valence-corrected chi connectivity index (χ3v) is 4.11. The largest absolute Gasteiger partial charge is 0.476 e. The van der Waals surface area contributed by atoms with Crippen molar-refractivity contribution in [3.8, 4) is 5.75 Å². The molecular formula is C19H22N2O2. The van der Waals surface area contributed by atoms with E-state index in [-0.39, 0.29) is 11.9 Å². The van der Waals surface area contributed by atoms with Crippen molar-refractivity contribution in [3.63, 3.8) is 0 Å². The molecule has 2 aromatic carbocycles. The average Bonchev–Trinajstić information content (AvgIpc) is 3.44. The molecule has 0 spiro atoms. The van der Waals surface area contributed by atoms with Crippen LogP contribution in [0.2, 0.25) is 0 Å². The van der Waals surface area contributed by atoms with Gasteiger partial charge < -0.3 is 15.8 Å². The fourth-order valence-corrected chi connectivity index (χ4v) is 2.66. The van der Waals surface area contributed by atoms with Crippen LogP contribution >= 0.6 is 0 Å². The predicted octanol–water partition coefficient (Wildman–Crippen LogP) is 2.66. The van der Waals surface area contributed by atoms with Gasteiger partial charge in [0, 0.05) is 18.2 Å². The SMILES string of the molecule is NCC(NC(=O)C(Oc1ccccc1)c1ccccc1)C1CC1. The molecule has 4 nitrogen and oxygen atoms in total. The topological polar surface area (TPSA) is 64.3 Å². The third kappa shape index (κ3) is 4.11. The fourth-order valence-electron chi connectivity index (χ4n) is 2.66. The van der Waals surface area contributed by atoms with Crippen LogP contribution < -0.4 is 15.8 Å². The molecule has 2 aromatic rings. The number of carbonyl (C=O) groups excluding carboxylic acids is 1. The van der Waals surface area contributed by atoms with Crippen molar-refractivity contribution in [2.45, 2.75) is 25.0 Å². The molecule has 0 heterocycles. The Morgan fingerprint density at radius 3 is 2.26 bits per heavy atom. The lowest BCUT2D eigenvalue weighted by Crippen LogP contribution is -2.44. The van der Waals surface area contributed by atoms with E-state index in [2.05, 4.69) is 5.32 Å². The zero-order chi connectivity index (χ0) is 16.1. The fraction of sp³-hybridized carbons (Fsp3) is 0.316. The minimum absolute atomic E-state index is 0.0353. The summed E-state index contributed by atoms with van der Waals surface area (Å²) < 4.78 is 5.95. The molecule has 3 N–H and O–H groups in total. The number of benzene rings is 2. The van der Waals surface area contributed by atoms with Gasteiger partial charge in [0.25, 0.3) is 5.91 Å². The number of para-hydroxylation sites is 1. The minimum atomic E-state index is -0.675. The summed E-state index contributed by atoms with van der Waals surface area (Å²) in [7, 11) is 0. The Kier molecular flexibility index (Phi) is 4.93. The van der Waals surface area contributed by atoms with E-state index in [0.717, 1.165) is 18.4 Å². The maximum Gasteiger partial charge on any atom is 0.266 e. The summed E-state index contributed by atoms with van der Waals surface area (Å²) in [6, 6.07) is 19.0. The summed E-state index contributed by atoms with van der Waals surface area (Å²) in [5.74, 6) is 1.05. The molecule has 4 heteroatoms. The van der Waals surface area contributed by atoms with Crippen molar-refractivity contribution in [2.24, 2.45) is 11.7 Å². The predicted molar refractivity (Wildman–Crippen MR) is 90.0 cm³/mol. The van der Waals surface area contributed by atoms with E-state index < -0.39 is 6.10 Å². The number of carbonyl (C=O) groups is 1. The molecule has 0 aromatic heterocycles. The van der Waals surface area contributed by atoms with E-state index in [1.54, 1.807) is 0 Å². The van der Waals surface area contributed by atoms with Crippen LogP contribution in [0.1, 0.15) is 24.5 Å². The van der Waals surface area contributed by atoms with Gasteiger partial charge in [0.05, 0.1) is 0 Å². The molecule has 2 atom stereocenters. The number of ether oxygens (including phenoxy) is 1. The van der Waals surface area contributed by atoms with Gasteiger partial charge in [-0.1, -0.05) is 48.5 Å². The number of hydrogen-bond acceptors (Lipinski definition) is 3. The van der Waals surface area contributed by atoms with E-state index in [9.17, 15) is 4.79 Å². The van der Waals surface area contributed by atoms with Crippen LogP contribution in [0.5, 0.6) is 5.75 Å². The Hall–Kier alpha value is -2.33. The maximum atomic E-state index is 12.8. The molecule has 2 unspecified atom stereocenters. The molecule has 1 aliphatic rings. The number of rotatable bonds is 7.